The molecule has 2 N–H and O–H groups in total. The first-order chi connectivity index (χ1) is 12.0. The number of anilines is 1. The predicted molar refractivity (Wildman–Crippen MR) is 87.2 cm³/mol. The highest BCUT2D eigenvalue weighted by atomic mass is 32.2. The molecule has 1 heterocycles. The first kappa shape index (κ1) is 17.9. The van der Waals surface area contributed by atoms with Crippen molar-refractivity contribution in [3.63, 3.8) is 0 Å². The first-order valence-corrected chi connectivity index (χ1v) is 7.62. The van der Waals surface area contributed by atoms with E-state index in [-0.39, 0.29) is 22.8 Å². The molecule has 2 aromatic rings. The molecule has 0 atom stereocenters. The molecule has 0 aliphatic rings. The van der Waals surface area contributed by atoms with E-state index in [0.29, 0.717) is 10.6 Å². The van der Waals surface area contributed by atoms with Crippen molar-refractivity contribution >= 4 is 34.7 Å². The van der Waals surface area contributed by atoms with Crippen LogP contribution in [0.4, 0.5) is 11.4 Å². The smallest absolute Gasteiger partial charge is 0.315 e. The summed E-state index contributed by atoms with van der Waals surface area (Å²) in [5.74, 6) is -0.432. The van der Waals surface area contributed by atoms with Gasteiger partial charge < -0.3 is 10.1 Å². The van der Waals surface area contributed by atoms with Gasteiger partial charge in [0.15, 0.2) is 0 Å². The van der Waals surface area contributed by atoms with Crippen LogP contribution in [0.2, 0.25) is 0 Å². The van der Waals surface area contributed by atoms with Crippen molar-refractivity contribution in [2.24, 2.45) is 0 Å². The lowest BCUT2D eigenvalue weighted by atomic mass is 10.2. The molecule has 25 heavy (non-hydrogen) atoms. The molecule has 12 heteroatoms. The lowest BCUT2D eigenvalue weighted by Gasteiger charge is -2.05. The minimum atomic E-state index is -0.557. The lowest BCUT2D eigenvalue weighted by molar-refractivity contribution is -0.387. The van der Waals surface area contributed by atoms with E-state index >= 15 is 0 Å². The molecule has 0 aliphatic carbocycles. The van der Waals surface area contributed by atoms with Gasteiger partial charge in [0.05, 0.1) is 22.7 Å². The van der Waals surface area contributed by atoms with Crippen LogP contribution in [0.15, 0.2) is 29.3 Å². The van der Waals surface area contributed by atoms with E-state index in [1.807, 2.05) is 6.07 Å². The van der Waals surface area contributed by atoms with E-state index in [0.717, 1.165) is 11.8 Å². The highest BCUT2D eigenvalue weighted by Crippen LogP contribution is 2.32. The molecular formula is C13H11N7O4S. The van der Waals surface area contributed by atoms with Crippen molar-refractivity contribution in [1.82, 2.24) is 20.6 Å². The number of rotatable bonds is 7. The van der Waals surface area contributed by atoms with Crippen LogP contribution in [-0.4, -0.2) is 44.4 Å². The van der Waals surface area contributed by atoms with E-state index in [4.69, 9.17) is 5.26 Å². The Balaban J connectivity index is 2.19. The molecule has 0 amide bonds. The van der Waals surface area contributed by atoms with Crippen molar-refractivity contribution in [3.8, 4) is 6.07 Å². The maximum atomic E-state index is 11.2. The Labute approximate surface area is 145 Å². The summed E-state index contributed by atoms with van der Waals surface area (Å²) in [6, 6.07) is 6.26. The van der Waals surface area contributed by atoms with E-state index < -0.39 is 10.9 Å². The van der Waals surface area contributed by atoms with E-state index in [9.17, 15) is 14.9 Å². The number of ether oxygens (including phenoxy) is 1. The number of thioether (sulfide) groups is 1. The number of nitro benzene ring substituents is 1. The molecule has 0 saturated carbocycles. The Morgan fingerprint density at radius 2 is 2.40 bits per heavy atom. The largest absolute Gasteiger partial charge is 0.468 e. The van der Waals surface area contributed by atoms with Crippen LogP contribution in [-0.2, 0) is 9.53 Å². The second-order valence-electron chi connectivity index (χ2n) is 4.35. The van der Waals surface area contributed by atoms with E-state index in [1.54, 1.807) is 6.07 Å². The molecule has 0 bridgehead atoms. The molecule has 2 rings (SSSR count). The van der Waals surface area contributed by atoms with Gasteiger partial charge in [-0.05, 0) is 17.3 Å². The minimum absolute atomic E-state index is 0.0412. The normalized spacial score (nSPS) is 10.8. The first-order valence-electron chi connectivity index (χ1n) is 6.64. The third kappa shape index (κ3) is 4.75. The van der Waals surface area contributed by atoms with Gasteiger partial charge >= 0.3 is 5.97 Å². The van der Waals surface area contributed by atoms with Gasteiger partial charge in [0, 0.05) is 18.0 Å². The number of hydrogen-bond acceptors (Lipinski definition) is 10. The summed E-state index contributed by atoms with van der Waals surface area (Å²) in [5.41, 5.74) is 0.302. The number of benzene rings is 1. The number of aromatic amines is 1. The second-order valence-corrected chi connectivity index (χ2v) is 5.37. The van der Waals surface area contributed by atoms with Gasteiger partial charge in [-0.3, -0.25) is 14.9 Å². The molecule has 0 saturated heterocycles. The van der Waals surface area contributed by atoms with Crippen LogP contribution in [0, 0.1) is 21.4 Å². The number of hydrogen-bond donors (Lipinski definition) is 2. The van der Waals surface area contributed by atoms with Crippen molar-refractivity contribution in [3.05, 3.63) is 40.3 Å². The van der Waals surface area contributed by atoms with Crippen molar-refractivity contribution in [1.29, 1.82) is 5.26 Å². The molecule has 1 aromatic carbocycles. The summed E-state index contributed by atoms with van der Waals surface area (Å²) in [6.45, 7) is 0. The average molecular weight is 361 g/mol. The number of nitrogens with zero attached hydrogens (tertiary/aromatic N) is 5. The zero-order valence-corrected chi connectivity index (χ0v) is 13.6. The highest BCUT2D eigenvalue weighted by molar-refractivity contribution is 8.00. The Morgan fingerprint density at radius 3 is 3.00 bits per heavy atom. The van der Waals surface area contributed by atoms with Crippen LogP contribution >= 0.6 is 11.8 Å². The molecule has 0 aliphatic heterocycles. The summed E-state index contributed by atoms with van der Waals surface area (Å²) in [5, 5.41) is 36.0. The summed E-state index contributed by atoms with van der Waals surface area (Å²) in [4.78, 5) is 22.2. The van der Waals surface area contributed by atoms with Crippen LogP contribution in [0.1, 0.15) is 5.82 Å². The lowest BCUT2D eigenvalue weighted by Crippen LogP contribution is -2.03. The molecule has 128 valence electrons. The standard InChI is InChI=1S/C13H11N7O4S/c1-24-12(21)7-25-11-3-2-9(4-10(11)20(22)23)15-6-8(5-14)13-16-18-19-17-13/h2-4,6,15H,7H2,1H3,(H,16,17,18,19). The summed E-state index contributed by atoms with van der Waals surface area (Å²) < 4.78 is 4.51. The minimum Gasteiger partial charge on any atom is -0.468 e. The van der Waals surface area contributed by atoms with Crippen LogP contribution < -0.4 is 5.32 Å². The summed E-state index contributed by atoms with van der Waals surface area (Å²) in [6.07, 6.45) is 1.31. The van der Waals surface area contributed by atoms with Gasteiger partial charge in [-0.2, -0.15) is 10.5 Å². The zero-order valence-electron chi connectivity index (χ0n) is 12.8. The number of carbonyl (C=O) groups excluding carboxylic acids is 1. The second kappa shape index (κ2) is 8.41. The number of aromatic nitrogens is 4. The highest BCUT2D eigenvalue weighted by Gasteiger charge is 2.16. The van der Waals surface area contributed by atoms with Crippen molar-refractivity contribution in [2.75, 3.05) is 18.2 Å². The Bertz CT molecular complexity index is 845. The van der Waals surface area contributed by atoms with Crippen LogP contribution in [0.5, 0.6) is 0 Å². The molecule has 0 spiro atoms. The number of tetrazole rings is 1. The maximum absolute atomic E-state index is 11.2. The third-order valence-electron chi connectivity index (χ3n) is 2.82. The van der Waals surface area contributed by atoms with Crippen molar-refractivity contribution < 1.29 is 14.5 Å². The third-order valence-corrected chi connectivity index (χ3v) is 3.85. The van der Waals surface area contributed by atoms with Crippen molar-refractivity contribution in [2.45, 2.75) is 4.90 Å². The molecule has 0 radical (unpaired) electrons. The zero-order chi connectivity index (χ0) is 18.2. The molecule has 0 fully saturated rings. The number of nitriles is 1. The quantitative estimate of drug-likeness (QED) is 0.242. The summed E-state index contributed by atoms with van der Waals surface area (Å²) >= 11 is 1.000. The van der Waals surface area contributed by atoms with Gasteiger partial charge in [0.25, 0.3) is 5.69 Å². The summed E-state index contributed by atoms with van der Waals surface area (Å²) in [7, 11) is 1.24. The fourth-order valence-electron chi connectivity index (χ4n) is 1.65. The van der Waals surface area contributed by atoms with Gasteiger partial charge in [0.1, 0.15) is 11.6 Å². The van der Waals surface area contributed by atoms with Gasteiger partial charge in [0.2, 0.25) is 5.82 Å². The number of H-pyrrole nitrogens is 1. The van der Waals surface area contributed by atoms with Crippen LogP contribution in [0.25, 0.3) is 5.57 Å². The molecule has 1 aromatic heterocycles. The number of carbonyl (C=O) groups is 1. The van der Waals surface area contributed by atoms with Gasteiger partial charge in [-0.15, -0.1) is 22.0 Å². The molecular weight excluding hydrogens is 350 g/mol. The predicted octanol–water partition coefficient (Wildman–Crippen LogP) is 1.35. The number of methoxy groups -OCH3 is 1. The van der Waals surface area contributed by atoms with Crippen LogP contribution in [0.3, 0.4) is 0 Å². The van der Waals surface area contributed by atoms with Gasteiger partial charge in [-0.25, -0.2) is 0 Å². The van der Waals surface area contributed by atoms with E-state index in [1.165, 1.54) is 25.4 Å². The average Bonchev–Trinajstić information content (AvgIpc) is 3.15. The molecule has 11 nitrogen and oxygen atoms in total. The number of allylic oxidation sites excluding steroid dienone is 1. The Kier molecular flexibility index (Phi) is 6.02. The van der Waals surface area contributed by atoms with Gasteiger partial charge in [-0.1, -0.05) is 0 Å². The monoisotopic (exact) mass is 361 g/mol. The maximum Gasteiger partial charge on any atom is 0.315 e. The number of nitrogens with one attached hydrogen (secondary N) is 2. The Morgan fingerprint density at radius 1 is 1.60 bits per heavy atom. The fourth-order valence-corrected chi connectivity index (χ4v) is 2.48. The molecule has 0 unspecified atom stereocenters. The Hall–Kier alpha value is -3.46. The van der Waals surface area contributed by atoms with E-state index in [2.05, 4.69) is 30.7 Å². The SMILES string of the molecule is COC(=O)CSc1ccc(NC=C(C#N)c2nn[nH]n2)cc1[N+](=O)[O-]. The number of esters is 1. The fraction of sp³-hybridized carbons (Fsp3) is 0.154. The topological polar surface area (TPSA) is 160 Å². The number of nitro groups is 1.